The van der Waals surface area contributed by atoms with Crippen LogP contribution in [0.25, 0.3) is 0 Å². The Morgan fingerprint density at radius 2 is 1.24 bits per heavy atom. The van der Waals surface area contributed by atoms with Gasteiger partial charge in [0.25, 0.3) is 0 Å². The number of rotatable bonds is 2. The van der Waals surface area contributed by atoms with Crippen molar-refractivity contribution >= 4 is 0 Å². The maximum absolute atomic E-state index is 12.6. The molecule has 0 amide bonds. The third-order valence-corrected chi connectivity index (χ3v) is 3.67. The lowest BCUT2D eigenvalue weighted by atomic mass is 9.74. The summed E-state index contributed by atoms with van der Waals surface area (Å²) in [4.78, 5) is 0. The minimum absolute atomic E-state index is 0.279. The highest BCUT2D eigenvalue weighted by Gasteiger charge is 2.67. The highest BCUT2D eigenvalue weighted by Crippen LogP contribution is 2.54. The van der Waals surface area contributed by atoms with E-state index in [2.05, 4.69) is 0 Å². The average molecular weight is 262 g/mol. The van der Waals surface area contributed by atoms with Crippen LogP contribution in [-0.2, 0) is 0 Å². The fourth-order valence-electron chi connectivity index (χ4n) is 2.36. The first kappa shape index (κ1) is 14.6. The second-order valence-corrected chi connectivity index (χ2v) is 5.04. The Morgan fingerprint density at radius 1 is 0.824 bits per heavy atom. The van der Waals surface area contributed by atoms with E-state index in [1.807, 2.05) is 0 Å². The zero-order valence-electron chi connectivity index (χ0n) is 9.59. The highest BCUT2D eigenvalue weighted by atomic mass is 19.4. The van der Waals surface area contributed by atoms with E-state index in [0.29, 0.717) is 12.8 Å². The first-order valence-corrected chi connectivity index (χ1v) is 5.71. The SMILES string of the molecule is CC(CC1CCCCC1)(C(F)(F)F)C(F)(F)F. The smallest absolute Gasteiger partial charge is 0.170 e. The van der Waals surface area contributed by atoms with Crippen molar-refractivity contribution in [1.29, 1.82) is 0 Å². The lowest BCUT2D eigenvalue weighted by Gasteiger charge is -2.37. The molecule has 1 aliphatic carbocycles. The van der Waals surface area contributed by atoms with E-state index < -0.39 is 30.1 Å². The molecule has 0 saturated heterocycles. The zero-order valence-corrected chi connectivity index (χ0v) is 9.59. The molecule has 0 bridgehead atoms. The van der Waals surface area contributed by atoms with Gasteiger partial charge in [0.05, 0.1) is 0 Å². The van der Waals surface area contributed by atoms with Gasteiger partial charge >= 0.3 is 12.4 Å². The summed E-state index contributed by atoms with van der Waals surface area (Å²) >= 11 is 0. The summed E-state index contributed by atoms with van der Waals surface area (Å²) in [6.45, 7) is 0.279. The van der Waals surface area contributed by atoms with Gasteiger partial charge in [0.1, 0.15) is 0 Å². The van der Waals surface area contributed by atoms with E-state index in [1.54, 1.807) is 0 Å². The molecule has 0 spiro atoms. The second kappa shape index (κ2) is 4.69. The number of hydrogen-bond acceptors (Lipinski definition) is 0. The molecule has 0 aromatic carbocycles. The van der Waals surface area contributed by atoms with Crippen LogP contribution < -0.4 is 0 Å². The second-order valence-electron chi connectivity index (χ2n) is 5.04. The Morgan fingerprint density at radius 3 is 1.59 bits per heavy atom. The van der Waals surface area contributed by atoms with Crippen LogP contribution in [0.5, 0.6) is 0 Å². The van der Waals surface area contributed by atoms with Crippen LogP contribution in [0.4, 0.5) is 26.3 Å². The summed E-state index contributed by atoms with van der Waals surface area (Å²) in [5.74, 6) is -0.461. The van der Waals surface area contributed by atoms with Crippen molar-refractivity contribution in [2.75, 3.05) is 0 Å². The van der Waals surface area contributed by atoms with Crippen molar-refractivity contribution in [3.63, 3.8) is 0 Å². The van der Waals surface area contributed by atoms with E-state index in [0.717, 1.165) is 19.3 Å². The summed E-state index contributed by atoms with van der Waals surface area (Å²) in [6, 6.07) is 0. The molecule has 0 nitrogen and oxygen atoms in total. The highest BCUT2D eigenvalue weighted by molar-refractivity contribution is 4.91. The lowest BCUT2D eigenvalue weighted by molar-refractivity contribution is -0.339. The van der Waals surface area contributed by atoms with Gasteiger partial charge < -0.3 is 0 Å². The van der Waals surface area contributed by atoms with Crippen molar-refractivity contribution in [3.8, 4) is 0 Å². The summed E-state index contributed by atoms with van der Waals surface area (Å²) in [5, 5.41) is 0. The van der Waals surface area contributed by atoms with Gasteiger partial charge in [-0.3, -0.25) is 0 Å². The molecule has 17 heavy (non-hydrogen) atoms. The van der Waals surface area contributed by atoms with Crippen LogP contribution in [-0.4, -0.2) is 12.4 Å². The molecule has 0 atom stereocenters. The van der Waals surface area contributed by atoms with Crippen molar-refractivity contribution in [2.24, 2.45) is 11.3 Å². The normalized spacial score (nSPS) is 20.6. The third kappa shape index (κ3) is 3.07. The third-order valence-electron chi connectivity index (χ3n) is 3.67. The summed E-state index contributed by atoms with van der Waals surface area (Å²) in [6.07, 6.45) is -7.98. The molecule has 0 heterocycles. The molecular formula is C11H16F6. The molecule has 1 rings (SSSR count). The molecule has 0 radical (unpaired) electrons. The Bertz CT molecular complexity index is 232. The Balaban J connectivity index is 2.84. The first-order chi connectivity index (χ1) is 7.58. The van der Waals surface area contributed by atoms with Gasteiger partial charge in [0, 0.05) is 0 Å². The number of alkyl halides is 6. The Hall–Kier alpha value is -0.420. The van der Waals surface area contributed by atoms with Crippen LogP contribution in [0.1, 0.15) is 45.4 Å². The van der Waals surface area contributed by atoms with Crippen molar-refractivity contribution in [1.82, 2.24) is 0 Å². The zero-order chi connectivity index (χ0) is 13.3. The minimum atomic E-state index is -5.23. The average Bonchev–Trinajstić information content (AvgIpc) is 2.15. The maximum Gasteiger partial charge on any atom is 0.402 e. The van der Waals surface area contributed by atoms with Crippen LogP contribution >= 0.6 is 0 Å². The van der Waals surface area contributed by atoms with Crippen molar-refractivity contribution in [3.05, 3.63) is 0 Å². The van der Waals surface area contributed by atoms with Crippen molar-refractivity contribution in [2.45, 2.75) is 57.8 Å². The largest absolute Gasteiger partial charge is 0.402 e. The van der Waals surface area contributed by atoms with E-state index in [1.165, 1.54) is 0 Å². The fraction of sp³-hybridized carbons (Fsp3) is 1.00. The molecular weight excluding hydrogens is 246 g/mol. The van der Waals surface area contributed by atoms with Gasteiger partial charge in [-0.25, -0.2) is 0 Å². The lowest BCUT2D eigenvalue weighted by Crippen LogP contribution is -2.49. The van der Waals surface area contributed by atoms with Gasteiger partial charge in [-0.2, -0.15) is 26.3 Å². The van der Waals surface area contributed by atoms with Crippen LogP contribution in [0.2, 0.25) is 0 Å². The van der Waals surface area contributed by atoms with Crippen LogP contribution in [0.15, 0.2) is 0 Å². The molecule has 1 fully saturated rings. The molecule has 0 N–H and O–H groups in total. The molecule has 0 unspecified atom stereocenters. The van der Waals surface area contributed by atoms with Gasteiger partial charge in [0.15, 0.2) is 5.41 Å². The van der Waals surface area contributed by atoms with Gasteiger partial charge in [-0.15, -0.1) is 0 Å². The summed E-state index contributed by atoms with van der Waals surface area (Å²) in [5.41, 5.74) is -3.57. The van der Waals surface area contributed by atoms with E-state index in [9.17, 15) is 26.3 Å². The summed E-state index contributed by atoms with van der Waals surface area (Å²) < 4.78 is 75.8. The van der Waals surface area contributed by atoms with E-state index in [4.69, 9.17) is 0 Å². The number of hydrogen-bond donors (Lipinski definition) is 0. The molecule has 0 aromatic rings. The number of halogens is 6. The van der Waals surface area contributed by atoms with E-state index >= 15 is 0 Å². The van der Waals surface area contributed by atoms with Crippen LogP contribution in [0, 0.1) is 11.3 Å². The Kier molecular flexibility index (Phi) is 4.04. The predicted molar refractivity (Wildman–Crippen MR) is 51.4 cm³/mol. The first-order valence-electron chi connectivity index (χ1n) is 5.71. The van der Waals surface area contributed by atoms with Gasteiger partial charge in [-0.05, 0) is 19.3 Å². The minimum Gasteiger partial charge on any atom is -0.170 e. The molecule has 1 saturated carbocycles. The molecule has 102 valence electrons. The molecule has 1 aliphatic rings. The molecule has 6 heteroatoms. The summed E-state index contributed by atoms with van der Waals surface area (Å²) in [7, 11) is 0. The quantitative estimate of drug-likeness (QED) is 0.608. The monoisotopic (exact) mass is 262 g/mol. The van der Waals surface area contributed by atoms with E-state index in [-0.39, 0.29) is 6.92 Å². The molecule has 0 aliphatic heterocycles. The van der Waals surface area contributed by atoms with Gasteiger partial charge in [-0.1, -0.05) is 32.1 Å². The molecule has 0 aromatic heterocycles. The van der Waals surface area contributed by atoms with Crippen LogP contribution in [0.3, 0.4) is 0 Å². The van der Waals surface area contributed by atoms with Gasteiger partial charge in [0.2, 0.25) is 0 Å². The maximum atomic E-state index is 12.6. The standard InChI is InChI=1S/C11H16F6/c1-9(10(12,13)14,11(15,16)17)7-8-5-3-2-4-6-8/h8H,2-7H2,1H3. The Labute approximate surface area is 96.4 Å². The van der Waals surface area contributed by atoms with Crippen molar-refractivity contribution < 1.29 is 26.3 Å². The topological polar surface area (TPSA) is 0 Å². The fourth-order valence-corrected chi connectivity index (χ4v) is 2.36. The predicted octanol–water partition coefficient (Wildman–Crippen LogP) is 5.09.